The first-order chi connectivity index (χ1) is 7.79. The van der Waals surface area contributed by atoms with Gasteiger partial charge in [-0.05, 0) is 12.8 Å². The summed E-state index contributed by atoms with van der Waals surface area (Å²) in [5.74, 6) is -0.307. The van der Waals surface area contributed by atoms with Crippen LogP contribution in [0.15, 0.2) is 24.5 Å². The molecule has 0 saturated carbocycles. The zero-order valence-corrected chi connectivity index (χ0v) is 8.59. The maximum absolute atomic E-state index is 12.1. The zero-order valence-electron chi connectivity index (χ0n) is 8.59. The van der Waals surface area contributed by atoms with Gasteiger partial charge in [0.2, 0.25) is 17.8 Å². The smallest absolute Gasteiger partial charge is 0.240 e. The number of anilines is 1. The molecule has 1 aromatic heterocycles. The van der Waals surface area contributed by atoms with E-state index < -0.39 is 0 Å². The second-order valence-electron chi connectivity index (χ2n) is 4.08. The van der Waals surface area contributed by atoms with Gasteiger partial charge in [0.05, 0.1) is 11.8 Å². The van der Waals surface area contributed by atoms with Gasteiger partial charge in [-0.15, -0.1) is 0 Å². The number of carbonyl (C=O) groups excluding carboxylic acids is 2. The molecule has 0 bridgehead atoms. The number of imidazole rings is 1. The fraction of sp³-hybridized carbons (Fsp3) is 0.364. The third-order valence-corrected chi connectivity index (χ3v) is 3.20. The molecule has 1 fully saturated rings. The Morgan fingerprint density at radius 2 is 1.81 bits per heavy atom. The van der Waals surface area contributed by atoms with E-state index in [1.165, 1.54) is 11.1 Å². The summed E-state index contributed by atoms with van der Waals surface area (Å²) in [4.78, 5) is 32.1. The lowest BCUT2D eigenvalue weighted by Crippen LogP contribution is -2.31. The lowest BCUT2D eigenvalue weighted by molar-refractivity contribution is -0.122. The van der Waals surface area contributed by atoms with Crippen molar-refractivity contribution in [2.24, 2.45) is 11.8 Å². The predicted octanol–water partition coefficient (Wildman–Crippen LogP) is 0.865. The Balaban J connectivity index is 1.98. The molecule has 5 heteroatoms. The Labute approximate surface area is 92.2 Å². The lowest BCUT2D eigenvalue weighted by Gasteiger charge is -2.14. The molecule has 0 aromatic carbocycles. The number of hydrogen-bond donors (Lipinski definition) is 1. The second-order valence-corrected chi connectivity index (χ2v) is 4.08. The van der Waals surface area contributed by atoms with Crippen LogP contribution in [-0.4, -0.2) is 21.8 Å². The van der Waals surface area contributed by atoms with Crippen molar-refractivity contribution in [1.82, 2.24) is 9.97 Å². The van der Waals surface area contributed by atoms with Crippen molar-refractivity contribution >= 4 is 17.8 Å². The minimum atomic E-state index is -0.192. The van der Waals surface area contributed by atoms with Gasteiger partial charge in [0.15, 0.2) is 0 Å². The number of amides is 2. The second kappa shape index (κ2) is 3.30. The fourth-order valence-corrected chi connectivity index (χ4v) is 2.39. The van der Waals surface area contributed by atoms with Gasteiger partial charge in [-0.1, -0.05) is 12.2 Å². The number of allylic oxidation sites excluding steroid dienone is 2. The molecule has 5 nitrogen and oxygen atoms in total. The zero-order chi connectivity index (χ0) is 11.1. The van der Waals surface area contributed by atoms with Crippen molar-refractivity contribution in [3.8, 4) is 0 Å². The molecule has 16 heavy (non-hydrogen) atoms. The first-order valence-corrected chi connectivity index (χ1v) is 5.31. The number of fused-ring (bicyclic) bond motifs is 1. The van der Waals surface area contributed by atoms with E-state index in [2.05, 4.69) is 9.97 Å². The number of H-pyrrole nitrogens is 1. The summed E-state index contributed by atoms with van der Waals surface area (Å²) in [7, 11) is 0. The highest BCUT2D eigenvalue weighted by Crippen LogP contribution is 2.36. The summed E-state index contributed by atoms with van der Waals surface area (Å²) in [6.45, 7) is 0. The maximum atomic E-state index is 12.1. The van der Waals surface area contributed by atoms with Crippen LogP contribution in [0.1, 0.15) is 12.8 Å². The molecule has 2 atom stereocenters. The molecule has 1 saturated heterocycles. The van der Waals surface area contributed by atoms with E-state index >= 15 is 0 Å². The average molecular weight is 217 g/mol. The number of rotatable bonds is 1. The molecule has 0 spiro atoms. The van der Waals surface area contributed by atoms with Crippen LogP contribution in [0.3, 0.4) is 0 Å². The van der Waals surface area contributed by atoms with E-state index in [9.17, 15) is 9.59 Å². The van der Waals surface area contributed by atoms with Crippen LogP contribution < -0.4 is 4.90 Å². The van der Waals surface area contributed by atoms with E-state index in [1.54, 1.807) is 6.20 Å². The minimum absolute atomic E-state index is 0.130. The van der Waals surface area contributed by atoms with E-state index in [4.69, 9.17) is 0 Å². The number of nitrogens with one attached hydrogen (secondary N) is 1. The Morgan fingerprint density at radius 3 is 2.31 bits per heavy atom. The van der Waals surface area contributed by atoms with Gasteiger partial charge < -0.3 is 4.98 Å². The first-order valence-electron chi connectivity index (χ1n) is 5.31. The summed E-state index contributed by atoms with van der Waals surface area (Å²) < 4.78 is 0. The van der Waals surface area contributed by atoms with Crippen LogP contribution >= 0.6 is 0 Å². The number of carbonyl (C=O) groups is 2. The number of aromatic nitrogens is 2. The van der Waals surface area contributed by atoms with Crippen molar-refractivity contribution in [1.29, 1.82) is 0 Å². The first kappa shape index (κ1) is 9.33. The molecule has 1 aliphatic heterocycles. The van der Waals surface area contributed by atoms with Gasteiger partial charge in [0.25, 0.3) is 0 Å². The molecule has 2 unspecified atom stereocenters. The monoisotopic (exact) mass is 217 g/mol. The highest BCUT2D eigenvalue weighted by atomic mass is 16.2. The summed E-state index contributed by atoms with van der Waals surface area (Å²) in [5, 5.41) is 0. The molecule has 82 valence electrons. The molecule has 1 N–H and O–H groups in total. The van der Waals surface area contributed by atoms with Crippen LogP contribution in [0.5, 0.6) is 0 Å². The third-order valence-electron chi connectivity index (χ3n) is 3.20. The van der Waals surface area contributed by atoms with E-state index in [0.717, 1.165) is 0 Å². The molecule has 1 aromatic rings. The minimum Gasteiger partial charge on any atom is -0.330 e. The molecular weight excluding hydrogens is 206 g/mol. The van der Waals surface area contributed by atoms with Gasteiger partial charge in [-0.25, -0.2) is 9.88 Å². The van der Waals surface area contributed by atoms with Crippen LogP contribution in [0.25, 0.3) is 0 Å². The Morgan fingerprint density at radius 1 is 1.19 bits per heavy atom. The van der Waals surface area contributed by atoms with Crippen molar-refractivity contribution < 1.29 is 9.59 Å². The van der Waals surface area contributed by atoms with Crippen molar-refractivity contribution in [2.75, 3.05) is 4.90 Å². The van der Waals surface area contributed by atoms with Crippen LogP contribution in [-0.2, 0) is 9.59 Å². The topological polar surface area (TPSA) is 66.1 Å². The van der Waals surface area contributed by atoms with Gasteiger partial charge in [0, 0.05) is 12.4 Å². The van der Waals surface area contributed by atoms with E-state index in [1.807, 2.05) is 12.2 Å². The normalized spacial score (nSPS) is 28.6. The maximum Gasteiger partial charge on any atom is 0.240 e. The van der Waals surface area contributed by atoms with Crippen LogP contribution in [0.4, 0.5) is 5.95 Å². The van der Waals surface area contributed by atoms with Crippen LogP contribution in [0, 0.1) is 11.8 Å². The number of nitrogens with zero attached hydrogens (tertiary/aromatic N) is 2. The summed E-state index contributed by atoms with van der Waals surface area (Å²) >= 11 is 0. The van der Waals surface area contributed by atoms with Gasteiger partial charge >= 0.3 is 0 Å². The van der Waals surface area contributed by atoms with Gasteiger partial charge in [-0.3, -0.25) is 9.59 Å². The largest absolute Gasteiger partial charge is 0.330 e. The van der Waals surface area contributed by atoms with E-state index in [0.29, 0.717) is 18.8 Å². The number of hydrogen-bond acceptors (Lipinski definition) is 3. The summed E-state index contributed by atoms with van der Waals surface area (Å²) in [6.07, 6.45) is 8.40. The van der Waals surface area contributed by atoms with Crippen molar-refractivity contribution in [3.05, 3.63) is 24.5 Å². The Bertz CT molecular complexity index is 438. The van der Waals surface area contributed by atoms with Crippen molar-refractivity contribution in [3.63, 3.8) is 0 Å². The van der Waals surface area contributed by atoms with Gasteiger partial charge in [0.1, 0.15) is 0 Å². The standard InChI is InChI=1S/C11H11N3O2/c15-9-7-3-1-2-4-8(7)10(16)14(9)11-12-5-6-13-11/h1-2,5-8H,3-4H2,(H,12,13). The SMILES string of the molecule is O=C1C2CC=CCC2C(=O)N1c1ncc[nH]1. The molecule has 3 rings (SSSR count). The lowest BCUT2D eigenvalue weighted by atomic mass is 9.85. The third kappa shape index (κ3) is 1.14. The van der Waals surface area contributed by atoms with Crippen molar-refractivity contribution in [2.45, 2.75) is 12.8 Å². The number of aromatic amines is 1. The summed E-state index contributed by atoms with van der Waals surface area (Å²) in [6, 6.07) is 0. The summed E-state index contributed by atoms with van der Waals surface area (Å²) in [5.41, 5.74) is 0. The molecule has 0 radical (unpaired) electrons. The predicted molar refractivity (Wildman–Crippen MR) is 56.4 cm³/mol. The Kier molecular flexibility index (Phi) is 1.92. The van der Waals surface area contributed by atoms with Crippen LogP contribution in [0.2, 0.25) is 0 Å². The molecule has 2 amide bonds. The highest BCUT2D eigenvalue weighted by Gasteiger charge is 2.48. The average Bonchev–Trinajstić information content (AvgIpc) is 2.89. The van der Waals surface area contributed by atoms with E-state index in [-0.39, 0.29) is 23.7 Å². The fourth-order valence-electron chi connectivity index (χ4n) is 2.39. The number of imide groups is 1. The van der Waals surface area contributed by atoms with Gasteiger partial charge in [-0.2, -0.15) is 0 Å². The molecule has 1 aliphatic carbocycles. The molecule has 2 aliphatic rings. The quantitative estimate of drug-likeness (QED) is 0.560. The molecular formula is C11H11N3O2. The highest BCUT2D eigenvalue weighted by molar-refractivity contribution is 6.21. The Hall–Kier alpha value is -1.91. The molecule has 2 heterocycles.